The molecule has 2 aromatic rings. The standard InChI is InChI=1S/C19H15FN4O2/c20-13-5-8-14(9-6-13)24-17-16(21-22-24)18(25)23(19(17)26)15-7-4-11-2-1-3-12(11)10-15/h4-10,16-17H,1-3H2/t16-,17-/m1/s1. The van der Waals surface area contributed by atoms with Crippen LogP contribution in [0.4, 0.5) is 15.8 Å². The molecule has 0 N–H and O–H groups in total. The Bertz CT molecular complexity index is 957. The van der Waals surface area contributed by atoms with Crippen LogP contribution < -0.4 is 9.91 Å². The Kier molecular flexibility index (Phi) is 3.19. The zero-order chi connectivity index (χ0) is 17.8. The van der Waals surface area contributed by atoms with Crippen LogP contribution in [0, 0.1) is 5.82 Å². The van der Waals surface area contributed by atoms with Crippen LogP contribution in [0.1, 0.15) is 17.5 Å². The summed E-state index contributed by atoms with van der Waals surface area (Å²) in [7, 11) is 0. The molecule has 0 unspecified atom stereocenters. The number of imide groups is 1. The Balaban J connectivity index is 1.50. The molecule has 3 aliphatic rings. The smallest absolute Gasteiger partial charge is 0.263 e. The molecular formula is C19H15FN4O2. The van der Waals surface area contributed by atoms with Gasteiger partial charge in [-0.05, 0) is 66.8 Å². The second-order valence-electron chi connectivity index (χ2n) is 6.73. The van der Waals surface area contributed by atoms with E-state index in [-0.39, 0.29) is 17.6 Å². The molecule has 2 aromatic carbocycles. The maximum absolute atomic E-state index is 13.2. The summed E-state index contributed by atoms with van der Waals surface area (Å²) in [4.78, 5) is 27.0. The van der Waals surface area contributed by atoms with Crippen molar-refractivity contribution in [2.24, 2.45) is 10.3 Å². The first-order chi connectivity index (χ1) is 12.6. The predicted octanol–water partition coefficient (Wildman–Crippen LogP) is 2.81. The Morgan fingerprint density at radius 3 is 2.46 bits per heavy atom. The molecule has 0 radical (unpaired) electrons. The van der Waals surface area contributed by atoms with Crippen LogP contribution in [0.3, 0.4) is 0 Å². The molecule has 0 saturated carbocycles. The minimum atomic E-state index is -0.860. The molecule has 26 heavy (non-hydrogen) atoms. The highest BCUT2D eigenvalue weighted by Crippen LogP contribution is 2.36. The van der Waals surface area contributed by atoms with Crippen LogP contribution >= 0.6 is 0 Å². The number of rotatable bonds is 2. The highest BCUT2D eigenvalue weighted by molar-refractivity contribution is 6.26. The van der Waals surface area contributed by atoms with Crippen molar-refractivity contribution in [1.82, 2.24) is 0 Å². The largest absolute Gasteiger partial charge is 0.271 e. The average Bonchev–Trinajstić information content (AvgIpc) is 3.33. The number of nitrogens with zero attached hydrogens (tertiary/aromatic N) is 4. The van der Waals surface area contributed by atoms with Crippen molar-refractivity contribution in [3.8, 4) is 0 Å². The lowest BCUT2D eigenvalue weighted by Gasteiger charge is -2.21. The zero-order valence-corrected chi connectivity index (χ0v) is 13.8. The van der Waals surface area contributed by atoms with Crippen molar-refractivity contribution in [3.05, 3.63) is 59.4 Å². The van der Waals surface area contributed by atoms with Gasteiger partial charge in [0.05, 0.1) is 11.4 Å². The molecule has 1 aliphatic carbocycles. The fourth-order valence-electron chi connectivity index (χ4n) is 3.92. The highest BCUT2D eigenvalue weighted by atomic mass is 19.1. The number of carbonyl (C=O) groups is 2. The molecule has 0 spiro atoms. The lowest BCUT2D eigenvalue weighted by atomic mass is 10.1. The van der Waals surface area contributed by atoms with Gasteiger partial charge in [-0.15, -0.1) is 0 Å². The third-order valence-corrected chi connectivity index (χ3v) is 5.21. The van der Waals surface area contributed by atoms with Gasteiger partial charge < -0.3 is 0 Å². The van der Waals surface area contributed by atoms with Gasteiger partial charge in [-0.2, -0.15) is 5.11 Å². The summed E-state index contributed by atoms with van der Waals surface area (Å²) in [6, 6.07) is 9.68. The van der Waals surface area contributed by atoms with Crippen molar-refractivity contribution in [1.29, 1.82) is 0 Å². The monoisotopic (exact) mass is 350 g/mol. The zero-order valence-electron chi connectivity index (χ0n) is 13.8. The Hall–Kier alpha value is -3.09. The third kappa shape index (κ3) is 2.09. The molecule has 5 rings (SSSR count). The van der Waals surface area contributed by atoms with Crippen molar-refractivity contribution in [2.75, 3.05) is 9.91 Å². The van der Waals surface area contributed by atoms with E-state index in [1.165, 1.54) is 45.3 Å². The second-order valence-corrected chi connectivity index (χ2v) is 6.73. The number of amides is 2. The van der Waals surface area contributed by atoms with E-state index in [2.05, 4.69) is 10.3 Å². The first kappa shape index (κ1) is 15.2. The normalized spacial score (nSPS) is 23.7. The fraction of sp³-hybridized carbons (Fsp3) is 0.263. The second kappa shape index (κ2) is 5.45. The van der Waals surface area contributed by atoms with Gasteiger partial charge in [-0.1, -0.05) is 11.3 Å². The summed E-state index contributed by atoms with van der Waals surface area (Å²) in [5.41, 5.74) is 3.58. The van der Waals surface area contributed by atoms with Crippen LogP contribution in [-0.4, -0.2) is 23.9 Å². The Morgan fingerprint density at radius 1 is 0.923 bits per heavy atom. The molecule has 130 valence electrons. The quantitative estimate of drug-likeness (QED) is 0.783. The van der Waals surface area contributed by atoms with Gasteiger partial charge in [0.15, 0.2) is 12.1 Å². The summed E-state index contributed by atoms with van der Waals surface area (Å²) >= 11 is 0. The summed E-state index contributed by atoms with van der Waals surface area (Å²) in [5.74, 6) is -1.10. The van der Waals surface area contributed by atoms with Crippen molar-refractivity contribution < 1.29 is 14.0 Å². The van der Waals surface area contributed by atoms with E-state index in [1.807, 2.05) is 18.2 Å². The molecule has 1 saturated heterocycles. The summed E-state index contributed by atoms with van der Waals surface area (Å²) in [6.07, 6.45) is 3.10. The van der Waals surface area contributed by atoms with Gasteiger partial charge in [-0.25, -0.2) is 14.3 Å². The molecular weight excluding hydrogens is 335 g/mol. The number of anilines is 2. The minimum Gasteiger partial charge on any atom is -0.271 e. The van der Waals surface area contributed by atoms with E-state index in [4.69, 9.17) is 0 Å². The molecule has 2 atom stereocenters. The summed E-state index contributed by atoms with van der Waals surface area (Å²) in [5, 5.41) is 9.38. The van der Waals surface area contributed by atoms with Crippen molar-refractivity contribution in [3.63, 3.8) is 0 Å². The number of carbonyl (C=O) groups excluding carboxylic acids is 2. The SMILES string of the molecule is O=C1[C@@H]2N=NN(c3ccc(F)cc3)[C@H]2C(=O)N1c1ccc2c(c1)CCC2. The van der Waals surface area contributed by atoms with E-state index in [9.17, 15) is 14.0 Å². The molecule has 6 nitrogen and oxygen atoms in total. The number of aryl methyl sites for hydroxylation is 2. The minimum absolute atomic E-state index is 0.354. The van der Waals surface area contributed by atoms with Crippen molar-refractivity contribution >= 4 is 23.2 Å². The van der Waals surface area contributed by atoms with E-state index >= 15 is 0 Å². The number of fused-ring (bicyclic) bond motifs is 2. The van der Waals surface area contributed by atoms with E-state index < -0.39 is 12.1 Å². The molecule has 2 aliphatic heterocycles. The van der Waals surface area contributed by atoms with Crippen LogP contribution in [0.2, 0.25) is 0 Å². The first-order valence-electron chi connectivity index (χ1n) is 8.59. The maximum atomic E-state index is 13.2. The van der Waals surface area contributed by atoms with Crippen LogP contribution in [0.5, 0.6) is 0 Å². The Labute approximate surface area is 148 Å². The summed E-state index contributed by atoms with van der Waals surface area (Å²) in [6.45, 7) is 0. The molecule has 7 heteroatoms. The maximum Gasteiger partial charge on any atom is 0.263 e. The van der Waals surface area contributed by atoms with E-state index in [1.54, 1.807) is 0 Å². The molecule has 1 fully saturated rings. The van der Waals surface area contributed by atoms with Gasteiger partial charge in [-0.3, -0.25) is 9.59 Å². The van der Waals surface area contributed by atoms with E-state index in [0.717, 1.165) is 19.3 Å². The molecule has 0 aromatic heterocycles. The molecule has 2 amide bonds. The van der Waals surface area contributed by atoms with Crippen LogP contribution in [0.15, 0.2) is 52.8 Å². The third-order valence-electron chi connectivity index (χ3n) is 5.21. The molecule has 2 heterocycles. The first-order valence-corrected chi connectivity index (χ1v) is 8.59. The van der Waals surface area contributed by atoms with Gasteiger partial charge in [0.1, 0.15) is 5.82 Å². The van der Waals surface area contributed by atoms with Gasteiger partial charge in [0.2, 0.25) is 0 Å². The fourth-order valence-corrected chi connectivity index (χ4v) is 3.92. The van der Waals surface area contributed by atoms with Gasteiger partial charge >= 0.3 is 0 Å². The van der Waals surface area contributed by atoms with Crippen LogP contribution in [0.25, 0.3) is 0 Å². The van der Waals surface area contributed by atoms with Crippen molar-refractivity contribution in [2.45, 2.75) is 31.3 Å². The number of benzene rings is 2. The summed E-state index contributed by atoms with van der Waals surface area (Å²) < 4.78 is 13.2. The topological polar surface area (TPSA) is 65.3 Å². The average molecular weight is 350 g/mol. The number of hydrogen-bond acceptors (Lipinski definition) is 5. The highest BCUT2D eigenvalue weighted by Gasteiger charge is 2.55. The number of halogens is 1. The lowest BCUT2D eigenvalue weighted by molar-refractivity contribution is -0.121. The molecule has 0 bridgehead atoms. The lowest BCUT2D eigenvalue weighted by Crippen LogP contribution is -2.39. The number of hydrogen-bond donors (Lipinski definition) is 0. The predicted molar refractivity (Wildman–Crippen MR) is 92.3 cm³/mol. The van der Waals surface area contributed by atoms with E-state index in [0.29, 0.717) is 11.4 Å². The van der Waals surface area contributed by atoms with Gasteiger partial charge in [0.25, 0.3) is 11.8 Å². The van der Waals surface area contributed by atoms with Crippen LogP contribution in [-0.2, 0) is 22.4 Å². The Morgan fingerprint density at radius 2 is 1.65 bits per heavy atom. The van der Waals surface area contributed by atoms with Gasteiger partial charge in [0, 0.05) is 0 Å².